The van der Waals surface area contributed by atoms with Crippen molar-refractivity contribution in [1.82, 2.24) is 10.3 Å². The SMILES string of the molecule is CS(=O)c1cccc(-c2cncc3cc(/C=C4\SC(=S)NC4=O)oc23)c1. The highest BCUT2D eigenvalue weighted by atomic mass is 32.2. The molecule has 1 aliphatic rings. The molecule has 1 aliphatic heterocycles. The predicted octanol–water partition coefficient (Wildman–Crippen LogP) is 3.72. The van der Waals surface area contributed by atoms with Crippen molar-refractivity contribution in [1.29, 1.82) is 0 Å². The summed E-state index contributed by atoms with van der Waals surface area (Å²) in [7, 11) is -1.07. The first-order valence-corrected chi connectivity index (χ1v) is 10.4. The fourth-order valence-corrected chi connectivity index (χ4v) is 4.24. The highest BCUT2D eigenvalue weighted by molar-refractivity contribution is 8.26. The molecule has 5 nitrogen and oxygen atoms in total. The molecule has 0 saturated carbocycles. The van der Waals surface area contributed by atoms with Gasteiger partial charge in [-0.15, -0.1) is 0 Å². The highest BCUT2D eigenvalue weighted by Crippen LogP contribution is 2.33. The van der Waals surface area contributed by atoms with Crippen molar-refractivity contribution in [3.63, 3.8) is 0 Å². The number of rotatable bonds is 3. The summed E-state index contributed by atoms with van der Waals surface area (Å²) in [4.78, 5) is 17.3. The van der Waals surface area contributed by atoms with Crippen LogP contribution in [0.2, 0.25) is 0 Å². The minimum absolute atomic E-state index is 0.225. The van der Waals surface area contributed by atoms with Gasteiger partial charge in [-0.1, -0.05) is 36.1 Å². The van der Waals surface area contributed by atoms with E-state index in [4.69, 9.17) is 16.6 Å². The zero-order chi connectivity index (χ0) is 18.3. The van der Waals surface area contributed by atoms with Crippen LogP contribution in [0.25, 0.3) is 28.2 Å². The molecule has 3 heterocycles. The lowest BCUT2D eigenvalue weighted by Crippen LogP contribution is -2.17. The highest BCUT2D eigenvalue weighted by Gasteiger charge is 2.23. The average molecular weight is 401 g/mol. The van der Waals surface area contributed by atoms with Gasteiger partial charge in [0.1, 0.15) is 15.7 Å². The first-order chi connectivity index (χ1) is 12.5. The van der Waals surface area contributed by atoms with Crippen LogP contribution in [-0.4, -0.2) is 25.7 Å². The number of carbonyl (C=O) groups excluding carboxylic acids is 1. The van der Waals surface area contributed by atoms with Crippen molar-refractivity contribution in [3.8, 4) is 11.1 Å². The maximum absolute atomic E-state index is 11.8. The number of amides is 1. The van der Waals surface area contributed by atoms with Gasteiger partial charge in [0.05, 0.1) is 4.91 Å². The molecule has 0 aliphatic carbocycles. The molecular weight excluding hydrogens is 388 g/mol. The third kappa shape index (κ3) is 3.23. The maximum atomic E-state index is 11.8. The van der Waals surface area contributed by atoms with Gasteiger partial charge in [0.25, 0.3) is 5.91 Å². The van der Waals surface area contributed by atoms with Gasteiger partial charge in [-0.2, -0.15) is 0 Å². The first kappa shape index (κ1) is 17.1. The molecular formula is C18H12N2O3S3. The zero-order valence-corrected chi connectivity index (χ0v) is 16.0. The van der Waals surface area contributed by atoms with E-state index in [-0.39, 0.29) is 5.91 Å². The summed E-state index contributed by atoms with van der Waals surface area (Å²) in [6.45, 7) is 0. The van der Waals surface area contributed by atoms with Crippen molar-refractivity contribution in [3.05, 3.63) is 53.4 Å². The van der Waals surface area contributed by atoms with E-state index in [0.717, 1.165) is 21.4 Å². The number of nitrogens with zero attached hydrogens (tertiary/aromatic N) is 1. The van der Waals surface area contributed by atoms with Crippen LogP contribution in [0.5, 0.6) is 0 Å². The number of thiocarbonyl (C=S) groups is 1. The molecule has 26 heavy (non-hydrogen) atoms. The number of fused-ring (bicyclic) bond motifs is 1. The van der Waals surface area contributed by atoms with E-state index in [9.17, 15) is 9.00 Å². The molecule has 8 heteroatoms. The Hall–Kier alpha value is -2.29. The van der Waals surface area contributed by atoms with Gasteiger partial charge in [0, 0.05) is 51.4 Å². The van der Waals surface area contributed by atoms with Crippen LogP contribution in [-0.2, 0) is 15.6 Å². The second-order valence-corrected chi connectivity index (χ2v) is 8.69. The minimum Gasteiger partial charge on any atom is -0.456 e. The van der Waals surface area contributed by atoms with E-state index in [2.05, 4.69) is 10.3 Å². The molecule has 1 saturated heterocycles. The largest absolute Gasteiger partial charge is 0.456 e. The van der Waals surface area contributed by atoms with Gasteiger partial charge in [-0.05, 0) is 23.8 Å². The molecule has 130 valence electrons. The molecule has 2 aromatic heterocycles. The summed E-state index contributed by atoms with van der Waals surface area (Å²) < 4.78 is 18.2. The smallest absolute Gasteiger partial charge is 0.263 e. The van der Waals surface area contributed by atoms with E-state index in [1.165, 1.54) is 11.8 Å². The van der Waals surface area contributed by atoms with Crippen molar-refractivity contribution in [2.45, 2.75) is 4.90 Å². The number of aromatic nitrogens is 1. The predicted molar refractivity (Wildman–Crippen MR) is 108 cm³/mol. The molecule has 1 fully saturated rings. The Kier molecular flexibility index (Phi) is 4.47. The summed E-state index contributed by atoms with van der Waals surface area (Å²) in [5, 5.41) is 3.40. The van der Waals surface area contributed by atoms with Crippen LogP contribution >= 0.6 is 24.0 Å². The minimum atomic E-state index is -1.07. The standard InChI is InChI=1S/C18H12N2O3S3/c1-26(22)13-4-2-3-10(6-13)14-9-19-8-11-5-12(23-16(11)14)7-15-17(21)20-18(24)25-15/h2-9H,1H3,(H,20,21,24)/b15-7-. The van der Waals surface area contributed by atoms with Crippen LogP contribution in [0.1, 0.15) is 5.76 Å². The molecule has 1 N–H and O–H groups in total. The van der Waals surface area contributed by atoms with Crippen LogP contribution in [0.3, 0.4) is 0 Å². The van der Waals surface area contributed by atoms with Gasteiger partial charge in [-0.25, -0.2) is 0 Å². The first-order valence-electron chi connectivity index (χ1n) is 7.57. The van der Waals surface area contributed by atoms with Crippen LogP contribution < -0.4 is 5.32 Å². The van der Waals surface area contributed by atoms with Gasteiger partial charge in [-0.3, -0.25) is 14.0 Å². The lowest BCUT2D eigenvalue weighted by molar-refractivity contribution is -0.115. The number of hydrogen-bond donors (Lipinski definition) is 1. The van der Waals surface area contributed by atoms with E-state index in [1.54, 1.807) is 24.7 Å². The van der Waals surface area contributed by atoms with Crippen molar-refractivity contribution < 1.29 is 13.4 Å². The Labute approximate surface area is 161 Å². The van der Waals surface area contributed by atoms with E-state index in [0.29, 0.717) is 20.6 Å². The number of benzene rings is 1. The van der Waals surface area contributed by atoms with Crippen LogP contribution in [0.15, 0.2) is 56.9 Å². The van der Waals surface area contributed by atoms with Crippen molar-refractivity contribution in [2.24, 2.45) is 0 Å². The molecule has 0 radical (unpaired) electrons. The molecule has 3 aromatic rings. The summed E-state index contributed by atoms with van der Waals surface area (Å²) in [6, 6.07) is 9.30. The number of pyridine rings is 1. The molecule has 1 atom stereocenters. The fraction of sp³-hybridized carbons (Fsp3) is 0.0556. The Bertz CT molecular complexity index is 1120. The topological polar surface area (TPSA) is 72.2 Å². The number of furan rings is 1. The average Bonchev–Trinajstić information content (AvgIpc) is 3.17. The monoisotopic (exact) mass is 400 g/mol. The summed E-state index contributed by atoms with van der Waals surface area (Å²) in [6.07, 6.45) is 6.73. The lowest BCUT2D eigenvalue weighted by Gasteiger charge is -2.04. The second-order valence-electron chi connectivity index (χ2n) is 5.59. The number of carbonyl (C=O) groups is 1. The summed E-state index contributed by atoms with van der Waals surface area (Å²) >= 11 is 6.20. The van der Waals surface area contributed by atoms with Gasteiger partial charge in [0.2, 0.25) is 0 Å². The Morgan fingerprint density at radius 2 is 2.15 bits per heavy atom. The van der Waals surface area contributed by atoms with Gasteiger partial charge in [0.15, 0.2) is 0 Å². The third-order valence-electron chi connectivity index (χ3n) is 3.83. The second kappa shape index (κ2) is 6.79. The van der Waals surface area contributed by atoms with Crippen LogP contribution in [0, 0.1) is 0 Å². The molecule has 4 rings (SSSR count). The van der Waals surface area contributed by atoms with Gasteiger partial charge >= 0.3 is 0 Å². The number of nitrogens with one attached hydrogen (secondary N) is 1. The third-order valence-corrected chi connectivity index (χ3v) is 5.91. The van der Waals surface area contributed by atoms with E-state index >= 15 is 0 Å². The van der Waals surface area contributed by atoms with E-state index in [1.807, 2.05) is 30.3 Å². The quantitative estimate of drug-likeness (QED) is 0.534. The molecule has 0 spiro atoms. The van der Waals surface area contributed by atoms with Crippen molar-refractivity contribution in [2.75, 3.05) is 6.26 Å². The number of thioether (sulfide) groups is 1. The molecule has 1 unspecified atom stereocenters. The van der Waals surface area contributed by atoms with Crippen LogP contribution in [0.4, 0.5) is 0 Å². The molecule has 1 aromatic carbocycles. The molecule has 0 bridgehead atoms. The normalized spacial score (nSPS) is 17.0. The van der Waals surface area contributed by atoms with Crippen molar-refractivity contribution >= 4 is 62.1 Å². The fourth-order valence-electron chi connectivity index (χ4n) is 2.65. The molecule has 1 amide bonds. The summed E-state index contributed by atoms with van der Waals surface area (Å²) in [5.41, 5.74) is 2.34. The summed E-state index contributed by atoms with van der Waals surface area (Å²) in [5.74, 6) is 0.323. The lowest BCUT2D eigenvalue weighted by atomic mass is 10.1. The maximum Gasteiger partial charge on any atom is 0.263 e. The number of hydrogen-bond acceptors (Lipinski definition) is 6. The Morgan fingerprint density at radius 3 is 2.88 bits per heavy atom. The Morgan fingerprint density at radius 1 is 1.31 bits per heavy atom. The Balaban J connectivity index is 1.81. The van der Waals surface area contributed by atoms with E-state index < -0.39 is 10.8 Å². The zero-order valence-electron chi connectivity index (χ0n) is 13.5. The van der Waals surface area contributed by atoms with Gasteiger partial charge < -0.3 is 9.73 Å².